The number of hydrogen-bond acceptors (Lipinski definition) is 6. The molecule has 0 aromatic heterocycles. The zero-order valence-corrected chi connectivity index (χ0v) is 12.8. The van der Waals surface area contributed by atoms with E-state index in [0.717, 1.165) is 6.20 Å². The number of nitrogens with zero attached hydrogens (tertiary/aromatic N) is 3. The largest absolute Gasteiger partial charge is 0.360 e. The SMILES string of the molecule is N#C/C(=C/Nc1cccc([N+](=O)[O-])c1)C(=O)Nc1ccccc1C#N. The van der Waals surface area contributed by atoms with Gasteiger partial charge in [0.2, 0.25) is 0 Å². The molecular formula is C17H11N5O3. The molecule has 122 valence electrons. The Labute approximate surface area is 142 Å². The minimum absolute atomic E-state index is 0.121. The molecule has 0 atom stereocenters. The summed E-state index contributed by atoms with van der Waals surface area (Å²) in [4.78, 5) is 22.3. The third kappa shape index (κ3) is 4.41. The van der Waals surface area contributed by atoms with E-state index in [4.69, 9.17) is 10.5 Å². The van der Waals surface area contributed by atoms with E-state index in [1.165, 1.54) is 24.3 Å². The summed E-state index contributed by atoms with van der Waals surface area (Å²) in [5, 5.41) is 34.0. The average molecular weight is 333 g/mol. The molecule has 0 heterocycles. The standard InChI is InChI=1S/C17H11N5O3/c18-9-12-4-1-2-7-16(12)21-17(23)13(10-19)11-20-14-5-3-6-15(8-14)22(24)25/h1-8,11,20H,(H,21,23)/b13-11-. The topological polar surface area (TPSA) is 132 Å². The Kier molecular flexibility index (Phi) is 5.43. The predicted octanol–water partition coefficient (Wildman–Crippen LogP) is 2.92. The molecule has 2 aromatic carbocycles. The van der Waals surface area contributed by atoms with Crippen LogP contribution in [0, 0.1) is 32.8 Å². The zero-order valence-electron chi connectivity index (χ0n) is 12.8. The van der Waals surface area contributed by atoms with Gasteiger partial charge in [0.05, 0.1) is 16.2 Å². The average Bonchev–Trinajstić information content (AvgIpc) is 2.63. The normalized spacial score (nSPS) is 10.2. The number of hydrogen-bond donors (Lipinski definition) is 2. The number of rotatable bonds is 5. The van der Waals surface area contributed by atoms with Crippen LogP contribution in [0.5, 0.6) is 0 Å². The first-order valence-corrected chi connectivity index (χ1v) is 6.97. The van der Waals surface area contributed by atoms with Crippen LogP contribution in [0.3, 0.4) is 0 Å². The van der Waals surface area contributed by atoms with E-state index in [-0.39, 0.29) is 22.5 Å². The van der Waals surface area contributed by atoms with Crippen molar-refractivity contribution >= 4 is 23.0 Å². The van der Waals surface area contributed by atoms with Crippen LogP contribution in [0.4, 0.5) is 17.1 Å². The van der Waals surface area contributed by atoms with E-state index in [9.17, 15) is 14.9 Å². The fourth-order valence-corrected chi connectivity index (χ4v) is 1.89. The Hall–Kier alpha value is -4.17. The molecule has 0 saturated heterocycles. The minimum Gasteiger partial charge on any atom is -0.360 e. The van der Waals surface area contributed by atoms with Crippen molar-refractivity contribution in [2.24, 2.45) is 0 Å². The molecule has 25 heavy (non-hydrogen) atoms. The molecule has 0 bridgehead atoms. The third-order valence-corrected chi connectivity index (χ3v) is 3.10. The lowest BCUT2D eigenvalue weighted by Gasteiger charge is -2.06. The Morgan fingerprint density at radius 2 is 1.92 bits per heavy atom. The van der Waals surface area contributed by atoms with Gasteiger partial charge in [0.15, 0.2) is 0 Å². The van der Waals surface area contributed by atoms with E-state index in [1.807, 2.05) is 6.07 Å². The number of carbonyl (C=O) groups is 1. The number of anilines is 2. The fourth-order valence-electron chi connectivity index (χ4n) is 1.89. The second kappa shape index (κ2) is 7.90. The van der Waals surface area contributed by atoms with Gasteiger partial charge >= 0.3 is 0 Å². The summed E-state index contributed by atoms with van der Waals surface area (Å²) >= 11 is 0. The molecular weight excluding hydrogens is 322 g/mol. The number of carbonyl (C=O) groups excluding carboxylic acids is 1. The monoisotopic (exact) mass is 333 g/mol. The Morgan fingerprint density at radius 3 is 2.60 bits per heavy atom. The number of amides is 1. The van der Waals surface area contributed by atoms with E-state index >= 15 is 0 Å². The Bertz CT molecular complexity index is 938. The number of para-hydroxylation sites is 1. The van der Waals surface area contributed by atoms with Crippen molar-refractivity contribution in [3.63, 3.8) is 0 Å². The van der Waals surface area contributed by atoms with Crippen LogP contribution in [0.2, 0.25) is 0 Å². The number of non-ortho nitro benzene ring substituents is 1. The maximum atomic E-state index is 12.1. The number of nitrogens with one attached hydrogen (secondary N) is 2. The van der Waals surface area contributed by atoms with Crippen molar-refractivity contribution in [1.82, 2.24) is 0 Å². The summed E-state index contributed by atoms with van der Waals surface area (Å²) < 4.78 is 0. The van der Waals surface area contributed by atoms with Crippen molar-refractivity contribution in [1.29, 1.82) is 10.5 Å². The van der Waals surface area contributed by atoms with Crippen molar-refractivity contribution < 1.29 is 9.72 Å². The van der Waals surface area contributed by atoms with E-state index in [2.05, 4.69) is 10.6 Å². The van der Waals surface area contributed by atoms with Gasteiger partial charge < -0.3 is 10.6 Å². The van der Waals surface area contributed by atoms with Crippen LogP contribution in [0.25, 0.3) is 0 Å². The molecule has 0 radical (unpaired) electrons. The lowest BCUT2D eigenvalue weighted by molar-refractivity contribution is -0.384. The smallest absolute Gasteiger partial charge is 0.271 e. The lowest BCUT2D eigenvalue weighted by Crippen LogP contribution is -2.15. The molecule has 1 amide bonds. The molecule has 8 nitrogen and oxygen atoms in total. The van der Waals surface area contributed by atoms with E-state index in [1.54, 1.807) is 30.3 Å². The van der Waals surface area contributed by atoms with Gasteiger partial charge in [0.1, 0.15) is 17.7 Å². The van der Waals surface area contributed by atoms with Gasteiger partial charge in [-0.2, -0.15) is 10.5 Å². The second-order valence-corrected chi connectivity index (χ2v) is 4.73. The van der Waals surface area contributed by atoms with Crippen molar-refractivity contribution in [2.75, 3.05) is 10.6 Å². The summed E-state index contributed by atoms with van der Waals surface area (Å²) in [7, 11) is 0. The van der Waals surface area contributed by atoms with Crippen molar-refractivity contribution in [3.8, 4) is 12.1 Å². The quantitative estimate of drug-likeness (QED) is 0.374. The Morgan fingerprint density at radius 1 is 1.16 bits per heavy atom. The first-order chi connectivity index (χ1) is 12.0. The summed E-state index contributed by atoms with van der Waals surface area (Å²) in [5.41, 5.74) is 0.530. The van der Waals surface area contributed by atoms with Crippen LogP contribution >= 0.6 is 0 Å². The van der Waals surface area contributed by atoms with Crippen molar-refractivity contribution in [2.45, 2.75) is 0 Å². The highest BCUT2D eigenvalue weighted by atomic mass is 16.6. The van der Waals surface area contributed by atoms with Crippen LogP contribution < -0.4 is 10.6 Å². The number of nitriles is 2. The number of nitro groups is 1. The van der Waals surface area contributed by atoms with Gasteiger partial charge in [-0.15, -0.1) is 0 Å². The molecule has 0 saturated carbocycles. The van der Waals surface area contributed by atoms with E-state index in [0.29, 0.717) is 5.69 Å². The van der Waals surface area contributed by atoms with Gasteiger partial charge in [-0.25, -0.2) is 0 Å². The molecule has 0 spiro atoms. The first kappa shape index (κ1) is 17.2. The van der Waals surface area contributed by atoms with Gasteiger partial charge in [-0.1, -0.05) is 18.2 Å². The molecule has 8 heteroatoms. The van der Waals surface area contributed by atoms with Crippen LogP contribution in [0.15, 0.2) is 60.3 Å². The molecule has 0 unspecified atom stereocenters. The van der Waals surface area contributed by atoms with Crippen molar-refractivity contribution in [3.05, 3.63) is 76.0 Å². The fraction of sp³-hybridized carbons (Fsp3) is 0. The van der Waals surface area contributed by atoms with Gasteiger partial charge in [-0.3, -0.25) is 14.9 Å². The van der Waals surface area contributed by atoms with Crippen LogP contribution in [0.1, 0.15) is 5.56 Å². The van der Waals surface area contributed by atoms with Gasteiger partial charge in [0.25, 0.3) is 11.6 Å². The van der Waals surface area contributed by atoms with Crippen LogP contribution in [-0.2, 0) is 4.79 Å². The zero-order chi connectivity index (χ0) is 18.2. The summed E-state index contributed by atoms with van der Waals surface area (Å²) in [6, 6.07) is 15.7. The van der Waals surface area contributed by atoms with E-state index < -0.39 is 10.8 Å². The highest BCUT2D eigenvalue weighted by Gasteiger charge is 2.12. The summed E-state index contributed by atoms with van der Waals surface area (Å²) in [5.74, 6) is -0.705. The number of benzene rings is 2. The maximum Gasteiger partial charge on any atom is 0.271 e. The summed E-state index contributed by atoms with van der Waals surface area (Å²) in [6.45, 7) is 0. The Balaban J connectivity index is 2.16. The maximum absolute atomic E-state index is 12.1. The highest BCUT2D eigenvalue weighted by molar-refractivity contribution is 6.07. The van der Waals surface area contributed by atoms with Crippen LogP contribution in [-0.4, -0.2) is 10.8 Å². The third-order valence-electron chi connectivity index (χ3n) is 3.10. The lowest BCUT2D eigenvalue weighted by atomic mass is 10.2. The molecule has 0 aliphatic carbocycles. The molecule has 2 rings (SSSR count). The predicted molar refractivity (Wildman–Crippen MR) is 90.2 cm³/mol. The minimum atomic E-state index is -0.705. The molecule has 0 aliphatic rings. The molecule has 0 aliphatic heterocycles. The highest BCUT2D eigenvalue weighted by Crippen LogP contribution is 2.18. The molecule has 2 N–H and O–H groups in total. The van der Waals surface area contributed by atoms with Gasteiger partial charge in [0, 0.05) is 24.0 Å². The number of nitro benzene ring substituents is 1. The molecule has 0 fully saturated rings. The van der Waals surface area contributed by atoms with Gasteiger partial charge in [-0.05, 0) is 18.2 Å². The second-order valence-electron chi connectivity index (χ2n) is 4.73. The summed E-state index contributed by atoms with van der Waals surface area (Å²) in [6.07, 6.45) is 1.14. The molecule has 2 aromatic rings. The first-order valence-electron chi connectivity index (χ1n) is 6.97.